The molecule has 0 bridgehead atoms. The van der Waals surface area contributed by atoms with Gasteiger partial charge in [-0.3, -0.25) is 4.79 Å². The van der Waals surface area contributed by atoms with Crippen molar-refractivity contribution in [2.45, 2.75) is 32.3 Å². The maximum atomic E-state index is 13.8. The van der Waals surface area contributed by atoms with E-state index in [4.69, 9.17) is 4.74 Å². The van der Waals surface area contributed by atoms with Gasteiger partial charge in [0.15, 0.2) is 0 Å². The van der Waals surface area contributed by atoms with E-state index in [-0.39, 0.29) is 17.8 Å². The zero-order valence-electron chi connectivity index (χ0n) is 15.8. The van der Waals surface area contributed by atoms with Crippen LogP contribution >= 0.6 is 0 Å². The average molecular weight is 381 g/mol. The first-order chi connectivity index (χ1) is 13.5. The van der Waals surface area contributed by atoms with Gasteiger partial charge in [-0.05, 0) is 55.0 Å². The number of rotatable bonds is 6. The molecule has 0 atom stereocenters. The Morgan fingerprint density at radius 1 is 1.11 bits per heavy atom. The molecule has 2 fully saturated rings. The molecule has 146 valence electrons. The molecule has 2 aromatic carbocycles. The lowest BCUT2D eigenvalue weighted by Crippen LogP contribution is -2.58. The minimum absolute atomic E-state index is 0.224. The SMILES string of the molecule is O=C(O)C1(CN2CC3(Cc4ccc(OCc5ccccc5F)cc4C3)C2)CC1. The van der Waals surface area contributed by atoms with Crippen LogP contribution in [0.4, 0.5) is 4.39 Å². The zero-order chi connectivity index (χ0) is 19.4. The third-order valence-electron chi connectivity index (χ3n) is 6.61. The van der Waals surface area contributed by atoms with E-state index in [1.165, 1.54) is 17.2 Å². The predicted octanol–water partition coefficient (Wildman–Crippen LogP) is 3.67. The molecule has 5 rings (SSSR count). The molecule has 0 amide bonds. The van der Waals surface area contributed by atoms with Gasteiger partial charge >= 0.3 is 5.97 Å². The largest absolute Gasteiger partial charge is 0.489 e. The van der Waals surface area contributed by atoms with Crippen molar-refractivity contribution >= 4 is 5.97 Å². The Hall–Kier alpha value is -2.40. The smallest absolute Gasteiger partial charge is 0.310 e. The number of carboxylic acid groups (broad SMARTS) is 1. The molecule has 1 N–H and O–H groups in total. The monoisotopic (exact) mass is 381 g/mol. The van der Waals surface area contributed by atoms with Gasteiger partial charge in [-0.15, -0.1) is 0 Å². The highest BCUT2D eigenvalue weighted by atomic mass is 19.1. The number of carboxylic acids is 1. The number of halogens is 1. The van der Waals surface area contributed by atoms with Crippen LogP contribution in [0.2, 0.25) is 0 Å². The second-order valence-electron chi connectivity index (χ2n) is 8.89. The summed E-state index contributed by atoms with van der Waals surface area (Å²) in [7, 11) is 0. The topological polar surface area (TPSA) is 49.8 Å². The van der Waals surface area contributed by atoms with Gasteiger partial charge in [-0.2, -0.15) is 0 Å². The number of ether oxygens (including phenoxy) is 1. The van der Waals surface area contributed by atoms with Gasteiger partial charge in [0, 0.05) is 30.6 Å². The van der Waals surface area contributed by atoms with Gasteiger partial charge in [0.1, 0.15) is 18.2 Å². The summed E-state index contributed by atoms with van der Waals surface area (Å²) >= 11 is 0. The number of hydrogen-bond donors (Lipinski definition) is 1. The number of nitrogens with zero attached hydrogens (tertiary/aromatic N) is 1. The lowest BCUT2D eigenvalue weighted by molar-refractivity contribution is -0.145. The van der Waals surface area contributed by atoms with Crippen LogP contribution in [0.3, 0.4) is 0 Å². The van der Waals surface area contributed by atoms with Crippen molar-refractivity contribution in [3.05, 3.63) is 65.0 Å². The van der Waals surface area contributed by atoms with Crippen molar-refractivity contribution in [3.8, 4) is 5.75 Å². The van der Waals surface area contributed by atoms with Gasteiger partial charge in [-0.1, -0.05) is 24.3 Å². The first kappa shape index (κ1) is 17.7. The molecule has 1 heterocycles. The maximum absolute atomic E-state index is 13.8. The Bertz CT molecular complexity index is 931. The van der Waals surface area contributed by atoms with E-state index in [1.807, 2.05) is 12.1 Å². The second-order valence-corrected chi connectivity index (χ2v) is 8.89. The highest BCUT2D eigenvalue weighted by Gasteiger charge is 2.55. The van der Waals surface area contributed by atoms with Crippen LogP contribution in [-0.4, -0.2) is 35.6 Å². The first-order valence-corrected chi connectivity index (χ1v) is 9.91. The molecular weight excluding hydrogens is 357 g/mol. The van der Waals surface area contributed by atoms with Crippen LogP contribution in [0.5, 0.6) is 5.75 Å². The van der Waals surface area contributed by atoms with Gasteiger partial charge in [0.2, 0.25) is 0 Å². The van der Waals surface area contributed by atoms with Crippen LogP contribution in [0.15, 0.2) is 42.5 Å². The molecule has 1 spiro atoms. The highest BCUT2D eigenvalue weighted by Crippen LogP contribution is 2.51. The van der Waals surface area contributed by atoms with Crippen LogP contribution < -0.4 is 4.74 Å². The van der Waals surface area contributed by atoms with Crippen LogP contribution in [0, 0.1) is 16.6 Å². The standard InChI is InChI=1S/C23H24FNO3/c24-20-4-2-1-3-17(20)12-28-19-6-5-16-10-22(11-18(16)9-19)13-25(14-22)15-23(7-8-23)21(26)27/h1-6,9H,7-8,10-15H2,(H,26,27). The normalized spacial score (nSPS) is 21.2. The summed E-state index contributed by atoms with van der Waals surface area (Å²) in [5.74, 6) is -0.107. The average Bonchev–Trinajstić information content (AvgIpc) is 3.33. The summed E-state index contributed by atoms with van der Waals surface area (Å²) in [4.78, 5) is 13.7. The van der Waals surface area contributed by atoms with Crippen LogP contribution in [-0.2, 0) is 24.2 Å². The van der Waals surface area contributed by atoms with Crippen molar-refractivity contribution in [2.24, 2.45) is 10.8 Å². The van der Waals surface area contributed by atoms with Gasteiger partial charge < -0.3 is 14.7 Å². The van der Waals surface area contributed by atoms with E-state index in [1.54, 1.807) is 12.1 Å². The Balaban J connectivity index is 1.20. The summed E-state index contributed by atoms with van der Waals surface area (Å²) in [5, 5.41) is 9.39. The fourth-order valence-electron chi connectivity index (χ4n) is 4.93. The van der Waals surface area contributed by atoms with Crippen molar-refractivity contribution in [1.82, 2.24) is 4.90 Å². The Kier molecular flexibility index (Phi) is 3.98. The van der Waals surface area contributed by atoms with Gasteiger partial charge in [-0.25, -0.2) is 4.39 Å². The fraction of sp³-hybridized carbons (Fsp3) is 0.435. The first-order valence-electron chi connectivity index (χ1n) is 9.91. The molecule has 5 heteroatoms. The van der Waals surface area contributed by atoms with E-state index in [2.05, 4.69) is 17.0 Å². The summed E-state index contributed by atoms with van der Waals surface area (Å²) in [6, 6.07) is 12.9. The van der Waals surface area contributed by atoms with Crippen molar-refractivity contribution < 1.29 is 19.0 Å². The van der Waals surface area contributed by atoms with E-state index in [0.717, 1.165) is 44.5 Å². The summed E-state index contributed by atoms with van der Waals surface area (Å²) < 4.78 is 19.6. The molecule has 0 radical (unpaired) electrons. The lowest BCUT2D eigenvalue weighted by Gasteiger charge is -2.49. The number of aliphatic carboxylic acids is 1. The quantitative estimate of drug-likeness (QED) is 0.830. The molecule has 0 aromatic heterocycles. The predicted molar refractivity (Wildman–Crippen MR) is 103 cm³/mol. The van der Waals surface area contributed by atoms with Gasteiger partial charge in [0.05, 0.1) is 5.41 Å². The summed E-state index contributed by atoms with van der Waals surface area (Å²) in [6.45, 7) is 2.86. The molecule has 2 aromatic rings. The molecule has 0 unspecified atom stereocenters. The Morgan fingerprint density at radius 2 is 1.86 bits per heavy atom. The van der Waals surface area contributed by atoms with Crippen LogP contribution in [0.25, 0.3) is 0 Å². The third kappa shape index (κ3) is 3.08. The lowest BCUT2D eigenvalue weighted by atomic mass is 9.76. The minimum Gasteiger partial charge on any atom is -0.489 e. The summed E-state index contributed by atoms with van der Waals surface area (Å²) in [6.07, 6.45) is 3.69. The molecule has 1 aliphatic heterocycles. The highest BCUT2D eigenvalue weighted by molar-refractivity contribution is 5.78. The van der Waals surface area contributed by atoms with Gasteiger partial charge in [0.25, 0.3) is 0 Å². The molecule has 1 saturated carbocycles. The number of benzene rings is 2. The molecular formula is C23H24FNO3. The molecule has 2 aliphatic carbocycles. The third-order valence-corrected chi connectivity index (χ3v) is 6.61. The molecule has 28 heavy (non-hydrogen) atoms. The van der Waals surface area contributed by atoms with Crippen LogP contribution in [0.1, 0.15) is 29.5 Å². The maximum Gasteiger partial charge on any atom is 0.310 e. The number of carbonyl (C=O) groups is 1. The zero-order valence-corrected chi connectivity index (χ0v) is 15.8. The van der Waals surface area contributed by atoms with E-state index in [0.29, 0.717) is 12.1 Å². The van der Waals surface area contributed by atoms with E-state index >= 15 is 0 Å². The number of fused-ring (bicyclic) bond motifs is 1. The van der Waals surface area contributed by atoms with E-state index in [9.17, 15) is 14.3 Å². The van der Waals surface area contributed by atoms with Crippen molar-refractivity contribution in [2.75, 3.05) is 19.6 Å². The van der Waals surface area contributed by atoms with Crippen molar-refractivity contribution in [3.63, 3.8) is 0 Å². The number of likely N-dealkylation sites (tertiary alicyclic amines) is 1. The summed E-state index contributed by atoms with van der Waals surface area (Å²) in [5.41, 5.74) is 3.01. The number of hydrogen-bond acceptors (Lipinski definition) is 3. The minimum atomic E-state index is -0.639. The second kappa shape index (κ2) is 6.31. The fourth-order valence-corrected chi connectivity index (χ4v) is 4.93. The molecule has 4 nitrogen and oxygen atoms in total. The Labute approximate surface area is 163 Å². The van der Waals surface area contributed by atoms with Crippen molar-refractivity contribution in [1.29, 1.82) is 0 Å². The molecule has 1 saturated heterocycles. The molecule has 3 aliphatic rings. The Morgan fingerprint density at radius 3 is 2.57 bits per heavy atom. The van der Waals surface area contributed by atoms with E-state index < -0.39 is 11.4 Å².